The highest BCUT2D eigenvalue weighted by atomic mass is 32.2. The van der Waals surface area contributed by atoms with Gasteiger partial charge in [0.2, 0.25) is 0 Å². The van der Waals surface area contributed by atoms with Gasteiger partial charge in [-0.25, -0.2) is 13.2 Å². The van der Waals surface area contributed by atoms with Gasteiger partial charge < -0.3 is 20.3 Å². The molecule has 0 bridgehead atoms. The third-order valence-corrected chi connectivity index (χ3v) is 14.5. The van der Waals surface area contributed by atoms with Crippen LogP contribution in [-0.4, -0.2) is 61.1 Å². The number of carbonyl (C=O) groups excluding carboxylic acids is 1. The molecular weight excluding hydrogens is 514 g/mol. The molecule has 0 radical (unpaired) electrons. The van der Waals surface area contributed by atoms with Gasteiger partial charge in [-0.3, -0.25) is 0 Å². The van der Waals surface area contributed by atoms with E-state index in [0.717, 1.165) is 32.1 Å². The van der Waals surface area contributed by atoms with Gasteiger partial charge in [-0.2, -0.15) is 0 Å². The zero-order chi connectivity index (χ0) is 28.2. The summed E-state index contributed by atoms with van der Waals surface area (Å²) in [5.41, 5.74) is 0.422. The Morgan fingerprint density at radius 2 is 1.64 bits per heavy atom. The van der Waals surface area contributed by atoms with Crippen LogP contribution in [0, 0.1) is 52.3 Å². The highest BCUT2D eigenvalue weighted by Gasteiger charge is 2.64. The molecule has 8 heteroatoms. The van der Waals surface area contributed by atoms with E-state index in [4.69, 9.17) is 4.74 Å². The maximum atomic E-state index is 12.4. The van der Waals surface area contributed by atoms with Gasteiger partial charge in [0, 0.05) is 6.04 Å². The van der Waals surface area contributed by atoms with Crippen LogP contribution >= 0.6 is 0 Å². The van der Waals surface area contributed by atoms with E-state index >= 15 is 0 Å². The fourth-order valence-electron chi connectivity index (χ4n) is 10.7. The molecule has 1 heterocycles. The number of aliphatic hydroxyl groups excluding tert-OH is 2. The number of alkyl carbamates (subject to hydrolysis) is 1. The summed E-state index contributed by atoms with van der Waals surface area (Å²) >= 11 is 0. The Labute approximate surface area is 236 Å². The van der Waals surface area contributed by atoms with Gasteiger partial charge in [-0.1, -0.05) is 34.1 Å². The van der Waals surface area contributed by atoms with E-state index < -0.39 is 15.9 Å². The average molecular weight is 568 g/mol. The molecule has 1 saturated heterocycles. The van der Waals surface area contributed by atoms with Crippen molar-refractivity contribution >= 4 is 15.9 Å². The van der Waals surface area contributed by atoms with Crippen molar-refractivity contribution in [1.82, 2.24) is 5.32 Å². The molecule has 5 aliphatic rings. The van der Waals surface area contributed by atoms with Crippen molar-refractivity contribution < 1.29 is 28.2 Å². The summed E-state index contributed by atoms with van der Waals surface area (Å²) in [5, 5.41) is 25.2. The normalized spacial score (nSPS) is 46.4. The van der Waals surface area contributed by atoms with Crippen LogP contribution in [0.1, 0.15) is 98.3 Å². The maximum absolute atomic E-state index is 12.4. The van der Waals surface area contributed by atoms with Crippen molar-refractivity contribution in [1.29, 1.82) is 0 Å². The molecular formula is C31H53NO6S. The first-order valence-corrected chi connectivity index (χ1v) is 17.7. The van der Waals surface area contributed by atoms with Gasteiger partial charge in [0.1, 0.15) is 9.84 Å². The Kier molecular flexibility index (Phi) is 8.42. The Hall–Kier alpha value is -0.860. The lowest BCUT2D eigenvalue weighted by molar-refractivity contribution is -0.203. The number of nitrogens with one attached hydrogen (secondary N) is 1. The zero-order valence-corrected chi connectivity index (χ0v) is 25.4. The Morgan fingerprint density at radius 3 is 2.33 bits per heavy atom. The second-order valence-electron chi connectivity index (χ2n) is 14.6. The summed E-state index contributed by atoms with van der Waals surface area (Å²) < 4.78 is 28.8. The van der Waals surface area contributed by atoms with Crippen LogP contribution < -0.4 is 5.32 Å². The van der Waals surface area contributed by atoms with Crippen LogP contribution in [0.5, 0.6) is 0 Å². The molecule has 0 aromatic carbocycles. The van der Waals surface area contributed by atoms with Crippen molar-refractivity contribution in [2.45, 2.75) is 117 Å². The zero-order valence-electron chi connectivity index (χ0n) is 24.6. The molecule has 5 rings (SSSR count). The van der Waals surface area contributed by atoms with Gasteiger partial charge in [-0.15, -0.1) is 0 Å². The van der Waals surface area contributed by atoms with Gasteiger partial charge in [-0.05, 0) is 116 Å². The number of fused-ring (bicyclic) bond motifs is 5. The van der Waals surface area contributed by atoms with E-state index in [1.54, 1.807) is 0 Å². The lowest BCUT2D eigenvalue weighted by atomic mass is 9.41. The first-order chi connectivity index (χ1) is 18.4. The van der Waals surface area contributed by atoms with E-state index in [9.17, 15) is 23.4 Å². The third kappa shape index (κ3) is 5.40. The van der Waals surface area contributed by atoms with Crippen molar-refractivity contribution in [3.63, 3.8) is 0 Å². The SMILES string of the molecule is CC[C@H]1[C@@H](O)C2C3CCC([C@H](C)CCOC(=O)NC4CCS(=O)(=O)CC4)[C@@]3(C)CC[C@@H]2[C@@]2(C)CC[C@@H](O)C[C@@H]12. The maximum Gasteiger partial charge on any atom is 0.407 e. The first kappa shape index (κ1) is 29.6. The van der Waals surface area contributed by atoms with Gasteiger partial charge >= 0.3 is 6.09 Å². The molecule has 4 saturated carbocycles. The van der Waals surface area contributed by atoms with Crippen LogP contribution in [0.15, 0.2) is 0 Å². The number of hydrogen-bond acceptors (Lipinski definition) is 6. The molecule has 0 aromatic rings. The molecule has 1 aliphatic heterocycles. The molecule has 0 aromatic heterocycles. The second-order valence-corrected chi connectivity index (χ2v) is 16.9. The third-order valence-electron chi connectivity index (χ3n) is 12.8. The molecule has 1 amide bonds. The number of sulfone groups is 1. The number of aliphatic hydroxyl groups is 2. The molecule has 11 atom stereocenters. The molecule has 3 unspecified atom stereocenters. The quantitative estimate of drug-likeness (QED) is 0.419. The average Bonchev–Trinajstić information content (AvgIpc) is 3.24. The van der Waals surface area contributed by atoms with Crippen LogP contribution in [0.2, 0.25) is 0 Å². The van der Waals surface area contributed by atoms with E-state index in [1.165, 1.54) is 25.7 Å². The van der Waals surface area contributed by atoms with Gasteiger partial charge in [0.05, 0.1) is 30.3 Å². The number of ether oxygens (including phenoxy) is 1. The second kappa shape index (κ2) is 11.1. The van der Waals surface area contributed by atoms with Crippen molar-refractivity contribution in [2.75, 3.05) is 18.1 Å². The summed E-state index contributed by atoms with van der Waals surface area (Å²) in [6.45, 7) is 9.89. The predicted octanol–water partition coefficient (Wildman–Crippen LogP) is 4.94. The minimum Gasteiger partial charge on any atom is -0.450 e. The lowest BCUT2D eigenvalue weighted by Crippen LogP contribution is -2.62. The first-order valence-electron chi connectivity index (χ1n) is 15.9. The molecule has 224 valence electrons. The molecule has 5 fully saturated rings. The summed E-state index contributed by atoms with van der Waals surface area (Å²) in [4.78, 5) is 12.4. The van der Waals surface area contributed by atoms with Crippen LogP contribution in [0.25, 0.3) is 0 Å². The lowest BCUT2D eigenvalue weighted by Gasteiger charge is -2.64. The van der Waals surface area contributed by atoms with Crippen LogP contribution in [-0.2, 0) is 14.6 Å². The summed E-state index contributed by atoms with van der Waals surface area (Å²) in [7, 11) is -2.95. The predicted molar refractivity (Wildman–Crippen MR) is 152 cm³/mol. The smallest absolute Gasteiger partial charge is 0.407 e. The van der Waals surface area contributed by atoms with E-state index in [0.29, 0.717) is 55.0 Å². The van der Waals surface area contributed by atoms with Crippen molar-refractivity contribution in [2.24, 2.45) is 52.3 Å². The summed E-state index contributed by atoms with van der Waals surface area (Å²) in [6.07, 6.45) is 9.38. The van der Waals surface area contributed by atoms with Gasteiger partial charge in [0.25, 0.3) is 0 Å². The highest BCUT2D eigenvalue weighted by molar-refractivity contribution is 7.91. The molecule has 7 nitrogen and oxygen atoms in total. The largest absolute Gasteiger partial charge is 0.450 e. The fraction of sp³-hybridized carbons (Fsp3) is 0.968. The number of rotatable bonds is 6. The minimum absolute atomic E-state index is 0.120. The number of amides is 1. The molecule has 3 N–H and O–H groups in total. The molecule has 39 heavy (non-hydrogen) atoms. The number of hydrogen-bond donors (Lipinski definition) is 3. The van der Waals surface area contributed by atoms with E-state index in [1.807, 2.05) is 0 Å². The molecule has 0 spiro atoms. The minimum atomic E-state index is -2.95. The summed E-state index contributed by atoms with van der Waals surface area (Å²) in [6, 6.07) is -0.120. The monoisotopic (exact) mass is 567 g/mol. The highest BCUT2D eigenvalue weighted by Crippen LogP contribution is 2.69. The topological polar surface area (TPSA) is 113 Å². The van der Waals surface area contributed by atoms with Crippen molar-refractivity contribution in [3.05, 3.63) is 0 Å². The Balaban J connectivity index is 1.19. The van der Waals surface area contributed by atoms with Crippen LogP contribution in [0.3, 0.4) is 0 Å². The van der Waals surface area contributed by atoms with Crippen LogP contribution in [0.4, 0.5) is 4.79 Å². The fourth-order valence-corrected chi connectivity index (χ4v) is 12.2. The molecule has 4 aliphatic carbocycles. The van der Waals surface area contributed by atoms with Crippen molar-refractivity contribution in [3.8, 4) is 0 Å². The Bertz CT molecular complexity index is 989. The summed E-state index contributed by atoms with van der Waals surface area (Å²) in [5.74, 6) is 3.38. The van der Waals surface area contributed by atoms with E-state index in [-0.39, 0.29) is 46.5 Å². The number of carbonyl (C=O) groups is 1. The van der Waals surface area contributed by atoms with Gasteiger partial charge in [0.15, 0.2) is 0 Å². The Morgan fingerprint density at radius 1 is 0.974 bits per heavy atom. The van der Waals surface area contributed by atoms with E-state index in [2.05, 4.69) is 33.0 Å². The standard InChI is InChI=1S/C31H53NO6S/c1-5-22-26-18-21(33)8-13-31(26,4)25-9-14-30(3)23(6-7-24(30)27(25)28(22)34)19(2)10-15-38-29(35)32-20-11-16-39(36,37)17-12-20/h19-28,33-34H,5-18H2,1-4H3,(H,32,35)/t19-,21-,22-,23?,24?,25+,26+,27?,28-,30-,31-/m1/s1.